The van der Waals surface area contributed by atoms with Crippen molar-refractivity contribution in [1.82, 2.24) is 10.2 Å². The van der Waals surface area contributed by atoms with Crippen LogP contribution in [0.15, 0.2) is 22.1 Å². The molecule has 0 radical (unpaired) electrons. The van der Waals surface area contributed by atoms with Crippen LogP contribution in [-0.4, -0.2) is 29.3 Å². The average Bonchev–Trinajstić information content (AvgIpc) is 2.70. The van der Waals surface area contributed by atoms with Crippen LogP contribution in [0.4, 0.5) is 4.79 Å². The third kappa shape index (κ3) is 2.04. The van der Waals surface area contributed by atoms with Crippen molar-refractivity contribution >= 4 is 23.9 Å². The minimum absolute atomic E-state index is 0.106. The van der Waals surface area contributed by atoms with Crippen LogP contribution in [-0.2, 0) is 9.59 Å². The predicted octanol–water partition coefficient (Wildman–Crippen LogP) is 1.07. The molecule has 0 bridgehead atoms. The smallest absolute Gasteiger partial charge is 0.331 e. The van der Waals surface area contributed by atoms with E-state index in [0.29, 0.717) is 11.5 Å². The largest absolute Gasteiger partial charge is 0.462 e. The molecule has 18 heavy (non-hydrogen) atoms. The minimum Gasteiger partial charge on any atom is -0.462 e. The van der Waals surface area contributed by atoms with E-state index < -0.39 is 17.8 Å². The van der Waals surface area contributed by atoms with Crippen molar-refractivity contribution in [1.29, 1.82) is 0 Å². The Morgan fingerprint density at radius 2 is 2.06 bits per heavy atom. The molecule has 6 heteroatoms. The SMILES string of the molecule is CCN1C(=O)NC(=O)/C(=C/c2ccc(C)o2)C1=O. The Bertz CT molecular complexity index is 556. The van der Waals surface area contributed by atoms with Gasteiger partial charge in [0.15, 0.2) is 0 Å². The van der Waals surface area contributed by atoms with Crippen molar-refractivity contribution < 1.29 is 18.8 Å². The molecule has 1 aliphatic heterocycles. The van der Waals surface area contributed by atoms with E-state index in [0.717, 1.165) is 4.90 Å². The first kappa shape index (κ1) is 12.1. The van der Waals surface area contributed by atoms with Gasteiger partial charge in [0.2, 0.25) is 0 Å². The fourth-order valence-electron chi connectivity index (χ4n) is 1.65. The van der Waals surface area contributed by atoms with Crippen LogP contribution in [0.25, 0.3) is 6.08 Å². The van der Waals surface area contributed by atoms with Gasteiger partial charge in [-0.2, -0.15) is 0 Å². The average molecular weight is 248 g/mol. The first-order valence-corrected chi connectivity index (χ1v) is 5.48. The number of rotatable bonds is 2. The van der Waals surface area contributed by atoms with Crippen LogP contribution in [0.3, 0.4) is 0 Å². The summed E-state index contributed by atoms with van der Waals surface area (Å²) in [6, 6.07) is 2.68. The molecule has 1 saturated heterocycles. The Balaban J connectivity index is 2.37. The Kier molecular flexibility index (Phi) is 3.01. The van der Waals surface area contributed by atoms with Crippen molar-refractivity contribution in [2.75, 3.05) is 6.54 Å². The Morgan fingerprint density at radius 3 is 2.61 bits per heavy atom. The summed E-state index contributed by atoms with van der Waals surface area (Å²) in [6.07, 6.45) is 1.33. The number of hydrogen-bond acceptors (Lipinski definition) is 4. The number of nitrogens with one attached hydrogen (secondary N) is 1. The van der Waals surface area contributed by atoms with Crippen LogP contribution in [0.1, 0.15) is 18.4 Å². The minimum atomic E-state index is -0.705. The number of nitrogens with zero attached hydrogens (tertiary/aromatic N) is 1. The van der Waals surface area contributed by atoms with Crippen molar-refractivity contribution in [2.45, 2.75) is 13.8 Å². The highest BCUT2D eigenvalue weighted by atomic mass is 16.3. The zero-order valence-electron chi connectivity index (χ0n) is 10.0. The number of furan rings is 1. The second kappa shape index (κ2) is 4.48. The molecule has 94 valence electrons. The fourth-order valence-corrected chi connectivity index (χ4v) is 1.65. The van der Waals surface area contributed by atoms with E-state index in [1.807, 2.05) is 0 Å². The van der Waals surface area contributed by atoms with Crippen LogP contribution < -0.4 is 5.32 Å². The van der Waals surface area contributed by atoms with Crippen LogP contribution >= 0.6 is 0 Å². The highest BCUT2D eigenvalue weighted by Crippen LogP contribution is 2.15. The zero-order valence-corrected chi connectivity index (χ0v) is 10.0. The number of imide groups is 2. The maximum atomic E-state index is 11.9. The van der Waals surface area contributed by atoms with Gasteiger partial charge in [0.1, 0.15) is 17.1 Å². The van der Waals surface area contributed by atoms with Crippen molar-refractivity contribution in [3.05, 3.63) is 29.2 Å². The second-order valence-electron chi connectivity index (χ2n) is 3.82. The summed E-state index contributed by atoms with van der Waals surface area (Å²) in [6.45, 7) is 3.61. The van der Waals surface area contributed by atoms with Gasteiger partial charge in [-0.1, -0.05) is 0 Å². The predicted molar refractivity (Wildman–Crippen MR) is 62.3 cm³/mol. The summed E-state index contributed by atoms with van der Waals surface area (Å²) in [4.78, 5) is 35.9. The van der Waals surface area contributed by atoms with Crippen LogP contribution in [0, 0.1) is 6.92 Å². The van der Waals surface area contributed by atoms with E-state index in [1.165, 1.54) is 6.08 Å². The molecular formula is C12H12N2O4. The standard InChI is InChI=1S/C12H12N2O4/c1-3-14-11(16)9(10(15)13-12(14)17)6-8-5-4-7(2)18-8/h4-6H,3H2,1-2H3,(H,13,15,17)/b9-6-. The number of aryl methyl sites for hydroxylation is 1. The lowest BCUT2D eigenvalue weighted by Gasteiger charge is -2.24. The number of carbonyl (C=O) groups excluding carboxylic acids is 3. The molecule has 1 aromatic rings. The molecule has 1 aliphatic rings. The van der Waals surface area contributed by atoms with Gasteiger partial charge in [-0.25, -0.2) is 4.79 Å². The number of amides is 4. The summed E-state index contributed by atoms with van der Waals surface area (Å²) in [5, 5.41) is 2.11. The quantitative estimate of drug-likeness (QED) is 0.627. The molecule has 0 unspecified atom stereocenters. The molecule has 0 saturated carbocycles. The van der Waals surface area contributed by atoms with E-state index >= 15 is 0 Å². The van der Waals surface area contributed by atoms with Crippen molar-refractivity contribution in [2.24, 2.45) is 0 Å². The lowest BCUT2D eigenvalue weighted by Crippen LogP contribution is -2.53. The molecule has 0 aromatic carbocycles. The van der Waals surface area contributed by atoms with Gasteiger partial charge in [0, 0.05) is 6.54 Å². The molecule has 1 aromatic heterocycles. The Hall–Kier alpha value is -2.37. The Labute approximate surface area is 103 Å². The lowest BCUT2D eigenvalue weighted by molar-refractivity contribution is -0.129. The molecule has 0 aliphatic carbocycles. The topological polar surface area (TPSA) is 79.6 Å². The van der Waals surface area contributed by atoms with Gasteiger partial charge in [-0.15, -0.1) is 0 Å². The Morgan fingerprint density at radius 1 is 1.33 bits per heavy atom. The van der Waals surface area contributed by atoms with Gasteiger partial charge in [-0.3, -0.25) is 19.8 Å². The maximum absolute atomic E-state index is 11.9. The highest BCUT2D eigenvalue weighted by molar-refractivity contribution is 6.30. The number of hydrogen-bond donors (Lipinski definition) is 1. The van der Waals surface area contributed by atoms with Gasteiger partial charge >= 0.3 is 6.03 Å². The molecule has 6 nitrogen and oxygen atoms in total. The fraction of sp³-hybridized carbons (Fsp3) is 0.250. The first-order valence-electron chi connectivity index (χ1n) is 5.48. The number of likely N-dealkylation sites (N-methyl/N-ethyl adjacent to an activating group) is 1. The summed E-state index contributed by atoms with van der Waals surface area (Å²) < 4.78 is 5.27. The van der Waals surface area contributed by atoms with Gasteiger partial charge in [0.05, 0.1) is 0 Å². The van der Waals surface area contributed by atoms with E-state index in [1.54, 1.807) is 26.0 Å². The normalized spacial score (nSPS) is 18.4. The summed E-state index contributed by atoms with van der Waals surface area (Å²) in [5.41, 5.74) is -0.106. The van der Waals surface area contributed by atoms with Gasteiger partial charge in [-0.05, 0) is 32.1 Å². The van der Waals surface area contributed by atoms with Crippen LogP contribution in [0.2, 0.25) is 0 Å². The molecule has 0 spiro atoms. The van der Waals surface area contributed by atoms with E-state index in [9.17, 15) is 14.4 Å². The summed E-state index contributed by atoms with van der Waals surface area (Å²) in [5.74, 6) is -0.241. The molecular weight excluding hydrogens is 236 g/mol. The van der Waals surface area contributed by atoms with Gasteiger partial charge in [0.25, 0.3) is 11.8 Å². The van der Waals surface area contributed by atoms with E-state index in [4.69, 9.17) is 4.42 Å². The second-order valence-corrected chi connectivity index (χ2v) is 3.82. The molecule has 2 heterocycles. The zero-order chi connectivity index (χ0) is 13.3. The van der Waals surface area contributed by atoms with E-state index in [-0.39, 0.29) is 12.1 Å². The number of barbiturate groups is 1. The first-order chi connectivity index (χ1) is 8.52. The third-order valence-electron chi connectivity index (χ3n) is 2.55. The number of carbonyl (C=O) groups is 3. The van der Waals surface area contributed by atoms with E-state index in [2.05, 4.69) is 5.32 Å². The summed E-state index contributed by atoms with van der Waals surface area (Å²) >= 11 is 0. The molecule has 1 N–H and O–H groups in total. The van der Waals surface area contributed by atoms with Crippen molar-refractivity contribution in [3.63, 3.8) is 0 Å². The molecule has 1 fully saturated rings. The molecule has 4 amide bonds. The maximum Gasteiger partial charge on any atom is 0.331 e. The molecule has 2 rings (SSSR count). The summed E-state index contributed by atoms with van der Waals surface area (Å²) in [7, 11) is 0. The van der Waals surface area contributed by atoms with Crippen molar-refractivity contribution in [3.8, 4) is 0 Å². The monoisotopic (exact) mass is 248 g/mol. The van der Waals surface area contributed by atoms with Gasteiger partial charge < -0.3 is 4.42 Å². The number of urea groups is 1. The highest BCUT2D eigenvalue weighted by Gasteiger charge is 2.34. The lowest BCUT2D eigenvalue weighted by atomic mass is 10.1. The third-order valence-corrected chi connectivity index (χ3v) is 2.55. The van der Waals surface area contributed by atoms with Crippen LogP contribution in [0.5, 0.6) is 0 Å². The molecule has 0 atom stereocenters.